The highest BCUT2D eigenvalue weighted by Crippen LogP contribution is 2.37. The predicted molar refractivity (Wildman–Crippen MR) is 151 cm³/mol. The van der Waals surface area contributed by atoms with Crippen LogP contribution in [-0.2, 0) is 9.59 Å². The summed E-state index contributed by atoms with van der Waals surface area (Å²) in [7, 11) is 3.02. The Hall–Kier alpha value is -4.43. The molecule has 0 spiro atoms. The van der Waals surface area contributed by atoms with Gasteiger partial charge in [-0.05, 0) is 54.3 Å². The van der Waals surface area contributed by atoms with Crippen LogP contribution >= 0.6 is 15.9 Å². The van der Waals surface area contributed by atoms with E-state index >= 15 is 0 Å². The predicted octanol–water partition coefficient (Wildman–Crippen LogP) is 6.51. The van der Waals surface area contributed by atoms with Gasteiger partial charge in [-0.3, -0.25) is 9.59 Å². The number of aryl methyl sites for hydroxylation is 1. The molecule has 1 fully saturated rings. The average molecular weight is 571 g/mol. The van der Waals surface area contributed by atoms with Crippen molar-refractivity contribution in [1.82, 2.24) is 0 Å². The Bertz CT molecular complexity index is 1620. The highest BCUT2D eigenvalue weighted by molar-refractivity contribution is 9.10. The fourth-order valence-electron chi connectivity index (χ4n) is 4.40. The maximum atomic E-state index is 13.9. The van der Waals surface area contributed by atoms with Crippen LogP contribution in [0.15, 0.2) is 88.9 Å². The number of methoxy groups -OCH3 is 2. The first-order valence-corrected chi connectivity index (χ1v) is 12.5. The summed E-state index contributed by atoms with van der Waals surface area (Å²) in [6, 6.07) is 22.4. The molecule has 0 unspecified atom stereocenters. The Morgan fingerprint density at radius 3 is 2.11 bits per heavy atom. The van der Waals surface area contributed by atoms with E-state index in [0.29, 0.717) is 38.3 Å². The van der Waals surface area contributed by atoms with Gasteiger partial charge in [0.25, 0.3) is 11.8 Å². The van der Waals surface area contributed by atoms with Gasteiger partial charge in [0.2, 0.25) is 0 Å². The lowest BCUT2D eigenvalue weighted by atomic mass is 10.0. The molecule has 0 N–H and O–H groups in total. The van der Waals surface area contributed by atoms with E-state index in [2.05, 4.69) is 15.9 Å². The van der Waals surface area contributed by atoms with E-state index in [1.807, 2.05) is 49.4 Å². The quantitative estimate of drug-likeness (QED) is 0.202. The summed E-state index contributed by atoms with van der Waals surface area (Å²) in [6.07, 6.45) is 1.46. The van der Waals surface area contributed by atoms with Crippen LogP contribution in [0.4, 0.5) is 16.2 Å². The molecule has 5 rings (SSSR count). The molecule has 0 atom stereocenters. The molecule has 190 valence electrons. The second-order valence-electron chi connectivity index (χ2n) is 8.68. The van der Waals surface area contributed by atoms with E-state index in [1.54, 1.807) is 36.4 Å². The second-order valence-corrected chi connectivity index (χ2v) is 9.54. The van der Waals surface area contributed by atoms with Crippen LogP contribution in [0.2, 0.25) is 0 Å². The molecule has 38 heavy (non-hydrogen) atoms. The highest BCUT2D eigenvalue weighted by Gasteiger charge is 2.44. The molecule has 7 nitrogen and oxygen atoms in total. The standard InChI is InChI=1S/C30H23BrN2O5/c1-18-11-13-21(14-12-18)32-28(34)23(15-20-16-26(37-2)27(38-3)17-24(20)31)29(35)33(30(32)36)25-10-6-8-19-7-4-5-9-22(19)25/h4-17H,1-3H3/b23-15-. The first-order chi connectivity index (χ1) is 18.3. The SMILES string of the molecule is COc1cc(Br)c(/C=C2/C(=O)N(c3ccc(C)cc3)C(=O)N(c3cccc4ccccc34)C2=O)cc1OC. The number of hydrogen-bond donors (Lipinski definition) is 0. The number of imide groups is 2. The van der Waals surface area contributed by atoms with E-state index in [-0.39, 0.29) is 5.57 Å². The third-order valence-electron chi connectivity index (χ3n) is 6.35. The summed E-state index contributed by atoms with van der Waals surface area (Å²) in [5.74, 6) is -0.532. The van der Waals surface area contributed by atoms with Gasteiger partial charge in [-0.25, -0.2) is 14.6 Å². The normalized spacial score (nSPS) is 14.9. The molecule has 0 aromatic heterocycles. The number of anilines is 2. The Morgan fingerprint density at radius 1 is 0.763 bits per heavy atom. The van der Waals surface area contributed by atoms with Crippen LogP contribution in [0.25, 0.3) is 16.8 Å². The number of fused-ring (bicyclic) bond motifs is 1. The van der Waals surface area contributed by atoms with Crippen molar-refractivity contribution >= 4 is 62.0 Å². The molecule has 1 heterocycles. The van der Waals surface area contributed by atoms with E-state index < -0.39 is 17.8 Å². The Morgan fingerprint density at radius 2 is 1.39 bits per heavy atom. The zero-order valence-corrected chi connectivity index (χ0v) is 22.5. The van der Waals surface area contributed by atoms with Gasteiger partial charge in [-0.15, -0.1) is 0 Å². The van der Waals surface area contributed by atoms with Gasteiger partial charge in [0.1, 0.15) is 5.57 Å². The van der Waals surface area contributed by atoms with E-state index in [0.717, 1.165) is 20.7 Å². The van der Waals surface area contributed by atoms with Crippen molar-refractivity contribution in [2.45, 2.75) is 6.92 Å². The number of rotatable bonds is 5. The molecule has 0 bridgehead atoms. The summed E-state index contributed by atoms with van der Waals surface area (Å²) in [6.45, 7) is 1.91. The second kappa shape index (κ2) is 10.1. The van der Waals surface area contributed by atoms with Gasteiger partial charge in [0.15, 0.2) is 11.5 Å². The number of benzene rings is 4. The van der Waals surface area contributed by atoms with Gasteiger partial charge >= 0.3 is 6.03 Å². The smallest absolute Gasteiger partial charge is 0.343 e. The number of ether oxygens (including phenoxy) is 2. The fourth-order valence-corrected chi connectivity index (χ4v) is 4.84. The van der Waals surface area contributed by atoms with E-state index in [4.69, 9.17) is 9.47 Å². The number of hydrogen-bond acceptors (Lipinski definition) is 5. The number of barbiturate groups is 1. The molecule has 1 aliphatic rings. The Kier molecular flexibility index (Phi) is 6.73. The highest BCUT2D eigenvalue weighted by atomic mass is 79.9. The topological polar surface area (TPSA) is 76.2 Å². The largest absolute Gasteiger partial charge is 0.493 e. The molecule has 4 aromatic carbocycles. The van der Waals surface area contributed by atoms with Gasteiger partial charge in [0.05, 0.1) is 25.6 Å². The number of carbonyl (C=O) groups excluding carboxylic acids is 3. The van der Waals surface area contributed by atoms with Crippen LogP contribution in [0.1, 0.15) is 11.1 Å². The van der Waals surface area contributed by atoms with Gasteiger partial charge in [-0.1, -0.05) is 70.0 Å². The lowest BCUT2D eigenvalue weighted by molar-refractivity contribution is -0.121. The lowest BCUT2D eigenvalue weighted by Gasteiger charge is -2.34. The van der Waals surface area contributed by atoms with Crippen molar-refractivity contribution in [3.63, 3.8) is 0 Å². The molecule has 4 amide bonds. The lowest BCUT2D eigenvalue weighted by Crippen LogP contribution is -2.57. The zero-order valence-electron chi connectivity index (χ0n) is 20.9. The number of nitrogens with zero attached hydrogens (tertiary/aromatic N) is 2. The molecule has 0 saturated carbocycles. The maximum Gasteiger partial charge on any atom is 0.343 e. The van der Waals surface area contributed by atoms with Gasteiger partial charge in [-0.2, -0.15) is 0 Å². The van der Waals surface area contributed by atoms with Crippen molar-refractivity contribution in [2.75, 3.05) is 24.0 Å². The third-order valence-corrected chi connectivity index (χ3v) is 7.04. The molecular formula is C30H23BrN2O5. The van der Waals surface area contributed by atoms with Crippen LogP contribution in [-0.4, -0.2) is 32.1 Å². The van der Waals surface area contributed by atoms with Crippen molar-refractivity contribution in [2.24, 2.45) is 0 Å². The average Bonchev–Trinajstić information content (AvgIpc) is 2.92. The molecule has 4 aromatic rings. The first kappa shape index (κ1) is 25.2. The number of amides is 4. The monoisotopic (exact) mass is 570 g/mol. The van der Waals surface area contributed by atoms with Crippen molar-refractivity contribution in [1.29, 1.82) is 0 Å². The molecule has 1 saturated heterocycles. The molecule has 8 heteroatoms. The minimum Gasteiger partial charge on any atom is -0.493 e. The van der Waals surface area contributed by atoms with Crippen LogP contribution in [0.3, 0.4) is 0 Å². The van der Waals surface area contributed by atoms with Crippen molar-refractivity contribution in [3.05, 3.63) is 100 Å². The summed E-state index contributed by atoms with van der Waals surface area (Å²) < 4.78 is 11.3. The molecular weight excluding hydrogens is 548 g/mol. The van der Waals surface area contributed by atoms with E-state index in [1.165, 1.54) is 20.3 Å². The zero-order chi connectivity index (χ0) is 27.0. The summed E-state index contributed by atoms with van der Waals surface area (Å²) in [5, 5.41) is 1.57. The molecule has 1 aliphatic heterocycles. The van der Waals surface area contributed by atoms with Crippen LogP contribution < -0.4 is 19.3 Å². The summed E-state index contributed by atoms with van der Waals surface area (Å²) in [5.41, 5.74) is 2.06. The fraction of sp³-hybridized carbons (Fsp3) is 0.100. The number of halogens is 1. The number of carbonyl (C=O) groups is 3. The maximum absolute atomic E-state index is 13.9. The molecule has 0 aliphatic carbocycles. The Labute approximate surface area is 228 Å². The van der Waals surface area contributed by atoms with Gasteiger partial charge < -0.3 is 9.47 Å². The molecule has 0 radical (unpaired) electrons. The third kappa shape index (κ3) is 4.33. The van der Waals surface area contributed by atoms with Gasteiger partial charge in [0, 0.05) is 9.86 Å². The van der Waals surface area contributed by atoms with Crippen LogP contribution in [0, 0.1) is 6.92 Å². The number of urea groups is 1. The minimum atomic E-state index is -0.747. The Balaban J connectivity index is 1.73. The summed E-state index contributed by atoms with van der Waals surface area (Å²) >= 11 is 3.49. The van der Waals surface area contributed by atoms with Crippen molar-refractivity contribution in [3.8, 4) is 11.5 Å². The van der Waals surface area contributed by atoms with E-state index in [9.17, 15) is 14.4 Å². The summed E-state index contributed by atoms with van der Waals surface area (Å²) in [4.78, 5) is 43.7. The van der Waals surface area contributed by atoms with Crippen molar-refractivity contribution < 1.29 is 23.9 Å². The van der Waals surface area contributed by atoms with Crippen LogP contribution in [0.5, 0.6) is 11.5 Å². The minimum absolute atomic E-state index is 0.175. The first-order valence-electron chi connectivity index (χ1n) is 11.7.